The minimum Gasteiger partial charge on any atom is -0.497 e. The number of methoxy groups -OCH3 is 1. The van der Waals surface area contributed by atoms with Crippen molar-refractivity contribution in [1.29, 1.82) is 0 Å². The number of carbonyl (C=O) groups excluding carboxylic acids is 2. The fourth-order valence-electron chi connectivity index (χ4n) is 4.75. The predicted molar refractivity (Wildman–Crippen MR) is 131 cm³/mol. The quantitative estimate of drug-likeness (QED) is 0.594. The van der Waals surface area contributed by atoms with E-state index < -0.39 is 41.3 Å². The number of rotatable bonds is 7. The van der Waals surface area contributed by atoms with E-state index in [0.717, 1.165) is 10.8 Å². The molecule has 4 atom stereocenters. The summed E-state index contributed by atoms with van der Waals surface area (Å²) in [4.78, 5) is 43.9. The molecule has 2 amide bonds. The second-order valence-corrected chi connectivity index (χ2v) is 10.4. The third kappa shape index (κ3) is 5.03. The number of fused-ring (bicyclic) bond motifs is 1. The van der Waals surface area contributed by atoms with E-state index in [1.807, 2.05) is 25.1 Å². The zero-order chi connectivity index (χ0) is 26.3. The number of carboxylic acids is 1. The fraction of sp³-hybridized carbons (Fsp3) is 0.538. The molecule has 0 spiro atoms. The Labute approximate surface area is 209 Å². The van der Waals surface area contributed by atoms with Gasteiger partial charge >= 0.3 is 12.1 Å². The van der Waals surface area contributed by atoms with Gasteiger partial charge in [-0.2, -0.15) is 0 Å². The number of benzene rings is 1. The summed E-state index contributed by atoms with van der Waals surface area (Å²) in [5, 5.41) is 14.1. The number of amides is 2. The Kier molecular flexibility index (Phi) is 6.72. The molecule has 1 aliphatic heterocycles. The molecule has 4 unspecified atom stereocenters. The number of carbonyl (C=O) groups is 3. The number of aliphatic carboxylic acids is 1. The lowest BCUT2D eigenvalue weighted by Crippen LogP contribution is -2.53. The molecule has 2 heterocycles. The molecule has 1 saturated heterocycles. The van der Waals surface area contributed by atoms with E-state index in [-0.39, 0.29) is 18.9 Å². The largest absolute Gasteiger partial charge is 0.497 e. The molecule has 10 nitrogen and oxygen atoms in total. The highest BCUT2D eigenvalue weighted by Crippen LogP contribution is 2.46. The molecular formula is C26H33N3O7. The molecule has 4 rings (SSSR count). The van der Waals surface area contributed by atoms with Gasteiger partial charge in [-0.1, -0.05) is 13.3 Å². The Hall–Kier alpha value is -3.56. The first kappa shape index (κ1) is 25.5. The van der Waals surface area contributed by atoms with Crippen LogP contribution < -0.4 is 14.8 Å². The lowest BCUT2D eigenvalue weighted by Gasteiger charge is -2.28. The van der Waals surface area contributed by atoms with Gasteiger partial charge in [0.1, 0.15) is 29.0 Å². The van der Waals surface area contributed by atoms with Gasteiger partial charge in [0.05, 0.1) is 13.7 Å². The topological polar surface area (TPSA) is 127 Å². The van der Waals surface area contributed by atoms with Crippen LogP contribution in [0.5, 0.6) is 11.6 Å². The highest BCUT2D eigenvalue weighted by atomic mass is 16.6. The molecular weight excluding hydrogens is 466 g/mol. The summed E-state index contributed by atoms with van der Waals surface area (Å²) in [5.41, 5.74) is -2.06. The summed E-state index contributed by atoms with van der Waals surface area (Å²) in [6, 6.07) is 6.42. The molecule has 2 N–H and O–H groups in total. The van der Waals surface area contributed by atoms with Crippen LogP contribution in [-0.4, -0.2) is 69.9 Å². The summed E-state index contributed by atoms with van der Waals surface area (Å²) in [5.74, 6) is -0.653. The number of carboxylic acid groups (broad SMARTS) is 1. The van der Waals surface area contributed by atoms with Crippen molar-refractivity contribution in [2.75, 3.05) is 13.7 Å². The van der Waals surface area contributed by atoms with Crippen LogP contribution in [0.1, 0.15) is 47.0 Å². The highest BCUT2D eigenvalue weighted by molar-refractivity contribution is 5.94. The molecule has 2 aromatic rings. The van der Waals surface area contributed by atoms with Gasteiger partial charge < -0.3 is 24.6 Å². The van der Waals surface area contributed by atoms with Crippen molar-refractivity contribution in [2.24, 2.45) is 5.92 Å². The molecule has 0 radical (unpaired) electrons. The Morgan fingerprint density at radius 1 is 1.25 bits per heavy atom. The van der Waals surface area contributed by atoms with Crippen molar-refractivity contribution in [3.63, 3.8) is 0 Å². The van der Waals surface area contributed by atoms with Crippen LogP contribution in [0.3, 0.4) is 0 Å². The minimum atomic E-state index is -1.29. The zero-order valence-corrected chi connectivity index (χ0v) is 21.2. The van der Waals surface area contributed by atoms with E-state index >= 15 is 0 Å². The van der Waals surface area contributed by atoms with Crippen LogP contribution in [0, 0.1) is 5.92 Å². The molecule has 1 aromatic heterocycles. The number of ether oxygens (including phenoxy) is 3. The molecule has 1 aliphatic carbocycles. The first-order chi connectivity index (χ1) is 17.0. The van der Waals surface area contributed by atoms with Crippen LogP contribution in [-0.2, 0) is 14.3 Å². The molecule has 2 fully saturated rings. The fourth-order valence-corrected chi connectivity index (χ4v) is 4.75. The Balaban J connectivity index is 1.57. The van der Waals surface area contributed by atoms with Gasteiger partial charge in [0.2, 0.25) is 11.8 Å². The number of hydrogen-bond acceptors (Lipinski definition) is 7. The van der Waals surface area contributed by atoms with Crippen LogP contribution >= 0.6 is 0 Å². The van der Waals surface area contributed by atoms with Crippen molar-refractivity contribution >= 4 is 28.7 Å². The third-order valence-electron chi connectivity index (χ3n) is 6.73. The Morgan fingerprint density at radius 2 is 2.00 bits per heavy atom. The summed E-state index contributed by atoms with van der Waals surface area (Å²) >= 11 is 0. The van der Waals surface area contributed by atoms with Gasteiger partial charge in [0.15, 0.2) is 0 Å². The molecule has 1 saturated carbocycles. The number of hydrogen-bond donors (Lipinski definition) is 2. The van der Waals surface area contributed by atoms with E-state index in [1.54, 1.807) is 40.1 Å². The van der Waals surface area contributed by atoms with E-state index in [4.69, 9.17) is 14.2 Å². The normalized spacial score (nSPS) is 25.4. The average molecular weight is 500 g/mol. The van der Waals surface area contributed by atoms with Gasteiger partial charge in [-0.15, -0.1) is 0 Å². The van der Waals surface area contributed by atoms with Crippen LogP contribution in [0.25, 0.3) is 10.8 Å². The van der Waals surface area contributed by atoms with Gasteiger partial charge in [-0.05, 0) is 62.8 Å². The second kappa shape index (κ2) is 9.48. The Morgan fingerprint density at radius 3 is 2.61 bits per heavy atom. The van der Waals surface area contributed by atoms with Crippen molar-refractivity contribution in [1.82, 2.24) is 15.2 Å². The summed E-state index contributed by atoms with van der Waals surface area (Å²) < 4.78 is 17.0. The smallest absolute Gasteiger partial charge is 0.411 e. The number of likely N-dealkylation sites (tertiary alicyclic amines) is 1. The maximum Gasteiger partial charge on any atom is 0.411 e. The number of nitrogens with one attached hydrogen (secondary N) is 1. The van der Waals surface area contributed by atoms with Crippen molar-refractivity contribution in [3.05, 3.63) is 30.5 Å². The molecule has 36 heavy (non-hydrogen) atoms. The van der Waals surface area contributed by atoms with Gasteiger partial charge in [-0.25, -0.2) is 14.6 Å². The maximum atomic E-state index is 13.3. The van der Waals surface area contributed by atoms with Crippen molar-refractivity contribution in [2.45, 2.75) is 70.2 Å². The predicted octanol–water partition coefficient (Wildman–Crippen LogP) is 3.37. The minimum absolute atomic E-state index is 0.0957. The van der Waals surface area contributed by atoms with Crippen molar-refractivity contribution < 1.29 is 33.7 Å². The van der Waals surface area contributed by atoms with E-state index in [1.165, 1.54) is 4.90 Å². The third-order valence-corrected chi connectivity index (χ3v) is 6.73. The Bertz CT molecular complexity index is 1180. The van der Waals surface area contributed by atoms with Crippen LogP contribution in [0.4, 0.5) is 4.79 Å². The number of nitrogens with zero attached hydrogens (tertiary/aromatic N) is 2. The van der Waals surface area contributed by atoms with E-state index in [0.29, 0.717) is 24.5 Å². The first-order valence-electron chi connectivity index (χ1n) is 12.1. The van der Waals surface area contributed by atoms with Gasteiger partial charge in [0.25, 0.3) is 0 Å². The van der Waals surface area contributed by atoms with Gasteiger partial charge in [0, 0.05) is 18.0 Å². The summed E-state index contributed by atoms with van der Waals surface area (Å²) in [6.45, 7) is 7.22. The maximum absolute atomic E-state index is 13.3. The first-order valence-corrected chi connectivity index (χ1v) is 12.1. The average Bonchev–Trinajstić information content (AvgIpc) is 3.37. The number of pyridine rings is 1. The van der Waals surface area contributed by atoms with E-state index in [2.05, 4.69) is 10.3 Å². The summed E-state index contributed by atoms with van der Waals surface area (Å²) in [6.07, 6.45) is 1.60. The lowest BCUT2D eigenvalue weighted by molar-refractivity contribution is -0.144. The molecule has 10 heteroatoms. The van der Waals surface area contributed by atoms with Crippen molar-refractivity contribution in [3.8, 4) is 11.6 Å². The van der Waals surface area contributed by atoms with E-state index in [9.17, 15) is 19.5 Å². The summed E-state index contributed by atoms with van der Waals surface area (Å²) in [7, 11) is 1.59. The number of aromatic nitrogens is 1. The van der Waals surface area contributed by atoms with Crippen LogP contribution in [0.15, 0.2) is 30.5 Å². The van der Waals surface area contributed by atoms with Crippen LogP contribution in [0.2, 0.25) is 0 Å². The molecule has 1 aromatic carbocycles. The highest BCUT2D eigenvalue weighted by Gasteiger charge is 2.61. The standard InChI is InChI=1S/C26H33N3O7/c1-6-16-13-26(16,23(31)32)28-21(30)20-12-18(14-29(20)24(33)36-25(2,3)4)35-22-19-8-7-17(34-5)11-15(19)9-10-27-22/h7-11,16,18,20H,6,12-14H2,1-5H3,(H,28,30)(H,31,32). The molecule has 2 aliphatic rings. The molecule has 194 valence electrons. The SMILES string of the molecule is CCC1CC1(NC(=O)C1CC(Oc2nccc3cc(OC)ccc23)CN1C(=O)OC(C)(C)C)C(=O)O. The second-order valence-electron chi connectivity index (χ2n) is 10.4. The van der Waals surface area contributed by atoms with Gasteiger partial charge in [-0.3, -0.25) is 9.69 Å². The molecule has 0 bridgehead atoms. The monoisotopic (exact) mass is 499 g/mol. The zero-order valence-electron chi connectivity index (χ0n) is 21.2. The lowest BCUT2D eigenvalue weighted by atomic mass is 10.1.